The van der Waals surface area contributed by atoms with Crippen LogP contribution < -0.4 is 5.32 Å². The van der Waals surface area contributed by atoms with Crippen molar-refractivity contribution in [2.45, 2.75) is 27.7 Å². The summed E-state index contributed by atoms with van der Waals surface area (Å²) in [6.07, 6.45) is 0. The molecule has 0 saturated carbocycles. The van der Waals surface area contributed by atoms with Crippen molar-refractivity contribution in [1.29, 1.82) is 0 Å². The lowest BCUT2D eigenvalue weighted by molar-refractivity contribution is 0.0909. The number of carbonyl (C=O) groups is 1. The van der Waals surface area contributed by atoms with E-state index in [0.717, 1.165) is 0 Å². The molecule has 1 aromatic rings. The number of halogens is 1. The van der Waals surface area contributed by atoms with E-state index in [9.17, 15) is 4.79 Å². The second-order valence-corrected chi connectivity index (χ2v) is 5.34. The maximum absolute atomic E-state index is 11.7. The minimum Gasteiger partial charge on any atom is -0.440 e. The SMILES string of the molecule is CC(C)C(CNC(=O)c1ccc(Cl)o1)C(C)C. The lowest BCUT2D eigenvalue weighted by Gasteiger charge is -2.24. The molecular weight excluding hydrogens is 238 g/mol. The normalized spacial score (nSPS) is 11.5. The number of furan rings is 1. The fourth-order valence-electron chi connectivity index (χ4n) is 1.98. The van der Waals surface area contributed by atoms with Gasteiger partial charge in [-0.2, -0.15) is 0 Å². The third-order valence-electron chi connectivity index (χ3n) is 3.01. The first-order valence-corrected chi connectivity index (χ1v) is 6.33. The summed E-state index contributed by atoms with van der Waals surface area (Å²) in [5, 5.41) is 3.12. The Morgan fingerprint density at radius 1 is 1.29 bits per heavy atom. The molecule has 0 aromatic carbocycles. The Morgan fingerprint density at radius 3 is 2.29 bits per heavy atom. The van der Waals surface area contributed by atoms with Crippen LogP contribution in [0.3, 0.4) is 0 Å². The van der Waals surface area contributed by atoms with Gasteiger partial charge in [-0.25, -0.2) is 0 Å². The zero-order valence-electron chi connectivity index (χ0n) is 10.8. The summed E-state index contributed by atoms with van der Waals surface area (Å²) in [4.78, 5) is 11.7. The lowest BCUT2D eigenvalue weighted by Crippen LogP contribution is -2.33. The molecule has 0 saturated heterocycles. The monoisotopic (exact) mass is 257 g/mol. The molecule has 3 nitrogen and oxygen atoms in total. The molecule has 0 radical (unpaired) electrons. The average Bonchev–Trinajstić information content (AvgIpc) is 2.63. The van der Waals surface area contributed by atoms with Crippen LogP contribution >= 0.6 is 11.6 Å². The van der Waals surface area contributed by atoms with E-state index in [0.29, 0.717) is 24.3 Å². The fraction of sp³-hybridized carbons (Fsp3) is 0.615. The molecule has 1 aromatic heterocycles. The number of nitrogens with one attached hydrogen (secondary N) is 1. The van der Waals surface area contributed by atoms with Gasteiger partial charge in [0.25, 0.3) is 5.91 Å². The third kappa shape index (κ3) is 4.08. The lowest BCUT2D eigenvalue weighted by atomic mass is 9.85. The molecule has 1 rings (SSSR count). The van der Waals surface area contributed by atoms with Crippen LogP contribution in [0.2, 0.25) is 5.22 Å². The number of hydrogen-bond acceptors (Lipinski definition) is 2. The second-order valence-electron chi connectivity index (χ2n) is 4.97. The summed E-state index contributed by atoms with van der Waals surface area (Å²) >= 11 is 5.62. The fourth-order valence-corrected chi connectivity index (χ4v) is 2.12. The Labute approximate surface area is 108 Å². The Kier molecular flexibility index (Phi) is 5.06. The predicted octanol–water partition coefficient (Wildman–Crippen LogP) is 3.59. The molecule has 17 heavy (non-hydrogen) atoms. The summed E-state index contributed by atoms with van der Waals surface area (Å²) < 4.78 is 5.05. The van der Waals surface area contributed by atoms with Crippen LogP contribution in [0.1, 0.15) is 38.2 Å². The molecular formula is C13H20ClNO2. The van der Waals surface area contributed by atoms with E-state index in [2.05, 4.69) is 33.0 Å². The van der Waals surface area contributed by atoms with Crippen molar-refractivity contribution >= 4 is 17.5 Å². The highest BCUT2D eigenvalue weighted by Crippen LogP contribution is 2.20. The van der Waals surface area contributed by atoms with Crippen LogP contribution in [-0.4, -0.2) is 12.5 Å². The van der Waals surface area contributed by atoms with E-state index in [-0.39, 0.29) is 16.9 Å². The number of carbonyl (C=O) groups excluding carboxylic acids is 1. The van der Waals surface area contributed by atoms with E-state index in [1.165, 1.54) is 0 Å². The molecule has 1 N–H and O–H groups in total. The minimum absolute atomic E-state index is 0.205. The van der Waals surface area contributed by atoms with Gasteiger partial charge < -0.3 is 9.73 Å². The van der Waals surface area contributed by atoms with E-state index in [4.69, 9.17) is 16.0 Å². The van der Waals surface area contributed by atoms with Crippen LogP contribution in [0.25, 0.3) is 0 Å². The minimum atomic E-state index is -0.205. The van der Waals surface area contributed by atoms with Gasteiger partial charge in [0.1, 0.15) is 0 Å². The highest BCUT2D eigenvalue weighted by molar-refractivity contribution is 6.29. The quantitative estimate of drug-likeness (QED) is 0.876. The van der Waals surface area contributed by atoms with Crippen molar-refractivity contribution in [3.05, 3.63) is 23.1 Å². The molecule has 4 heteroatoms. The number of hydrogen-bond donors (Lipinski definition) is 1. The van der Waals surface area contributed by atoms with E-state index >= 15 is 0 Å². The van der Waals surface area contributed by atoms with E-state index < -0.39 is 0 Å². The zero-order chi connectivity index (χ0) is 13.0. The predicted molar refractivity (Wildman–Crippen MR) is 69.2 cm³/mol. The molecule has 0 unspecified atom stereocenters. The smallest absolute Gasteiger partial charge is 0.287 e. The standard InChI is InChI=1S/C13H20ClNO2/c1-8(2)10(9(3)4)7-15-13(16)11-5-6-12(14)17-11/h5-6,8-10H,7H2,1-4H3,(H,15,16). The topological polar surface area (TPSA) is 42.2 Å². The highest BCUT2D eigenvalue weighted by atomic mass is 35.5. The molecule has 1 heterocycles. The van der Waals surface area contributed by atoms with Gasteiger partial charge in [0.15, 0.2) is 11.0 Å². The van der Waals surface area contributed by atoms with Gasteiger partial charge in [0.05, 0.1) is 0 Å². The summed E-state index contributed by atoms with van der Waals surface area (Å²) in [6, 6.07) is 3.15. The first kappa shape index (κ1) is 14.1. The van der Waals surface area contributed by atoms with Gasteiger partial charge in [-0.3, -0.25) is 4.79 Å². The van der Waals surface area contributed by atoms with Crippen molar-refractivity contribution in [3.8, 4) is 0 Å². The van der Waals surface area contributed by atoms with Crippen molar-refractivity contribution in [2.24, 2.45) is 17.8 Å². The molecule has 0 atom stereocenters. The van der Waals surface area contributed by atoms with Gasteiger partial charge >= 0.3 is 0 Å². The molecule has 0 aliphatic rings. The Balaban J connectivity index is 2.52. The maximum atomic E-state index is 11.7. The van der Waals surface area contributed by atoms with Crippen molar-refractivity contribution in [2.75, 3.05) is 6.54 Å². The van der Waals surface area contributed by atoms with Gasteiger partial charge in [-0.1, -0.05) is 27.7 Å². The number of amides is 1. The molecule has 96 valence electrons. The van der Waals surface area contributed by atoms with Crippen LogP contribution in [0.15, 0.2) is 16.5 Å². The largest absolute Gasteiger partial charge is 0.440 e. The van der Waals surface area contributed by atoms with Crippen LogP contribution in [0, 0.1) is 17.8 Å². The molecule has 0 aliphatic heterocycles. The summed E-state index contributed by atoms with van der Waals surface area (Å²) in [6.45, 7) is 9.33. The maximum Gasteiger partial charge on any atom is 0.287 e. The van der Waals surface area contributed by atoms with Crippen LogP contribution in [0.5, 0.6) is 0 Å². The van der Waals surface area contributed by atoms with Crippen molar-refractivity contribution in [3.63, 3.8) is 0 Å². The van der Waals surface area contributed by atoms with Crippen LogP contribution in [0.4, 0.5) is 0 Å². The molecule has 1 amide bonds. The highest BCUT2D eigenvalue weighted by Gasteiger charge is 2.19. The first-order chi connectivity index (χ1) is 7.91. The van der Waals surface area contributed by atoms with Gasteiger partial charge in [0.2, 0.25) is 0 Å². The molecule has 0 fully saturated rings. The third-order valence-corrected chi connectivity index (χ3v) is 3.21. The number of rotatable bonds is 5. The Bertz CT molecular complexity index is 363. The van der Waals surface area contributed by atoms with E-state index in [1.54, 1.807) is 12.1 Å². The van der Waals surface area contributed by atoms with Gasteiger partial charge in [-0.05, 0) is 41.5 Å². The average molecular weight is 258 g/mol. The molecule has 0 bridgehead atoms. The van der Waals surface area contributed by atoms with Crippen LogP contribution in [-0.2, 0) is 0 Å². The van der Waals surface area contributed by atoms with Gasteiger partial charge in [-0.15, -0.1) is 0 Å². The molecule has 0 spiro atoms. The van der Waals surface area contributed by atoms with Gasteiger partial charge in [0, 0.05) is 6.54 Å². The van der Waals surface area contributed by atoms with E-state index in [1.807, 2.05) is 0 Å². The Morgan fingerprint density at radius 2 is 1.88 bits per heavy atom. The summed E-state index contributed by atoms with van der Waals surface area (Å²) in [7, 11) is 0. The Hall–Kier alpha value is -0.960. The zero-order valence-corrected chi connectivity index (χ0v) is 11.5. The summed E-state index contributed by atoms with van der Waals surface area (Å²) in [5.74, 6) is 1.60. The summed E-state index contributed by atoms with van der Waals surface area (Å²) in [5.41, 5.74) is 0. The van der Waals surface area contributed by atoms with Crippen molar-refractivity contribution in [1.82, 2.24) is 5.32 Å². The second kappa shape index (κ2) is 6.10. The molecule has 0 aliphatic carbocycles. The van der Waals surface area contributed by atoms with Crippen molar-refractivity contribution < 1.29 is 9.21 Å². The first-order valence-electron chi connectivity index (χ1n) is 5.95.